The molecule has 0 atom stereocenters. The van der Waals surface area contributed by atoms with Crippen molar-refractivity contribution < 1.29 is 0 Å². The van der Waals surface area contributed by atoms with Gasteiger partial charge in [-0.3, -0.25) is 4.98 Å². The Morgan fingerprint density at radius 2 is 1.77 bits per heavy atom. The van der Waals surface area contributed by atoms with E-state index in [0.29, 0.717) is 0 Å². The highest BCUT2D eigenvalue weighted by Crippen LogP contribution is 2.38. The molecule has 2 aromatic rings. The smallest absolute Gasteiger partial charge is 0.0741 e. The average Bonchev–Trinajstić information content (AvgIpc) is 2.78. The second kappa shape index (κ2) is 8.73. The summed E-state index contributed by atoms with van der Waals surface area (Å²) in [7, 11) is 0. The molecule has 2 nitrogen and oxygen atoms in total. The molecule has 1 aromatic heterocycles. The van der Waals surface area contributed by atoms with E-state index in [1.165, 1.54) is 33.5 Å². The Hall–Kier alpha value is -1.80. The quantitative estimate of drug-likeness (QED) is 0.616. The van der Waals surface area contributed by atoms with Gasteiger partial charge in [0.25, 0.3) is 0 Å². The first-order chi connectivity index (χ1) is 12.7. The second-order valence-electron chi connectivity index (χ2n) is 7.04. The van der Waals surface area contributed by atoms with Gasteiger partial charge in [-0.1, -0.05) is 49.9 Å². The van der Waals surface area contributed by atoms with Gasteiger partial charge in [0.2, 0.25) is 0 Å². The Morgan fingerprint density at radius 3 is 2.46 bits per heavy atom. The SMILES string of the molecule is CCCC(CCC)=C1c2ccc(Cl)cc2CCc2cc(NCC)cnc21. The van der Waals surface area contributed by atoms with E-state index in [4.69, 9.17) is 16.6 Å². The number of aryl methyl sites for hydroxylation is 2. The summed E-state index contributed by atoms with van der Waals surface area (Å²) < 4.78 is 0. The molecular weight excluding hydrogens is 340 g/mol. The van der Waals surface area contributed by atoms with Crippen molar-refractivity contribution in [2.24, 2.45) is 0 Å². The number of nitrogens with one attached hydrogen (secondary N) is 1. The molecule has 0 unspecified atom stereocenters. The third kappa shape index (κ3) is 3.96. The largest absolute Gasteiger partial charge is 0.384 e. The number of allylic oxidation sites excluding steroid dienone is 1. The van der Waals surface area contributed by atoms with Crippen molar-refractivity contribution in [1.29, 1.82) is 0 Å². The maximum absolute atomic E-state index is 6.32. The van der Waals surface area contributed by atoms with Crippen molar-refractivity contribution in [1.82, 2.24) is 4.98 Å². The summed E-state index contributed by atoms with van der Waals surface area (Å²) in [5, 5.41) is 4.23. The van der Waals surface area contributed by atoms with Gasteiger partial charge in [0.1, 0.15) is 0 Å². The lowest BCUT2D eigenvalue weighted by Crippen LogP contribution is -2.04. The van der Waals surface area contributed by atoms with Crippen molar-refractivity contribution in [2.45, 2.75) is 59.3 Å². The Bertz CT molecular complexity index is 800. The molecule has 3 rings (SSSR count). The van der Waals surface area contributed by atoms with Crippen LogP contribution in [0.4, 0.5) is 5.69 Å². The highest BCUT2D eigenvalue weighted by atomic mass is 35.5. The molecule has 0 amide bonds. The van der Waals surface area contributed by atoms with Crippen LogP contribution in [0.3, 0.4) is 0 Å². The van der Waals surface area contributed by atoms with Crippen LogP contribution in [0.15, 0.2) is 36.0 Å². The zero-order valence-electron chi connectivity index (χ0n) is 16.2. The van der Waals surface area contributed by atoms with Crippen LogP contribution >= 0.6 is 11.6 Å². The predicted octanol–water partition coefficient (Wildman–Crippen LogP) is 6.67. The summed E-state index contributed by atoms with van der Waals surface area (Å²) in [5.74, 6) is 0. The van der Waals surface area contributed by atoms with Crippen LogP contribution in [-0.4, -0.2) is 11.5 Å². The highest BCUT2D eigenvalue weighted by molar-refractivity contribution is 6.30. The first-order valence-electron chi connectivity index (χ1n) is 9.91. The zero-order chi connectivity index (χ0) is 18.5. The third-order valence-electron chi connectivity index (χ3n) is 5.04. The van der Waals surface area contributed by atoms with E-state index in [2.05, 4.69) is 44.3 Å². The molecule has 0 aliphatic heterocycles. The number of anilines is 1. The lowest BCUT2D eigenvalue weighted by molar-refractivity contribution is 0.805. The first kappa shape index (κ1) is 19.0. The fourth-order valence-corrected chi connectivity index (χ4v) is 4.17. The van der Waals surface area contributed by atoms with Gasteiger partial charge in [-0.2, -0.15) is 0 Å². The third-order valence-corrected chi connectivity index (χ3v) is 5.28. The van der Waals surface area contributed by atoms with E-state index in [1.54, 1.807) is 0 Å². The standard InChI is InChI=1S/C23H29ClN2/c1-4-7-16(8-5-2)22-21-12-11-19(24)13-17(21)9-10-18-14-20(25-6-3)15-26-23(18)22/h11-15,25H,4-10H2,1-3H3. The summed E-state index contributed by atoms with van der Waals surface area (Å²) >= 11 is 6.32. The summed E-state index contributed by atoms with van der Waals surface area (Å²) in [6.07, 6.45) is 8.57. The molecule has 1 aromatic carbocycles. The average molecular weight is 369 g/mol. The topological polar surface area (TPSA) is 24.9 Å². The van der Waals surface area contributed by atoms with Crippen molar-refractivity contribution >= 4 is 22.9 Å². The van der Waals surface area contributed by atoms with Crippen LogP contribution in [0.25, 0.3) is 5.57 Å². The van der Waals surface area contributed by atoms with E-state index in [9.17, 15) is 0 Å². The minimum absolute atomic E-state index is 0.822. The normalized spacial score (nSPS) is 13.0. The monoisotopic (exact) mass is 368 g/mol. The number of hydrogen-bond acceptors (Lipinski definition) is 2. The van der Waals surface area contributed by atoms with Crippen LogP contribution in [0.2, 0.25) is 5.02 Å². The molecule has 0 saturated carbocycles. The molecule has 0 saturated heterocycles. The van der Waals surface area contributed by atoms with Gasteiger partial charge in [-0.05, 0) is 67.5 Å². The minimum Gasteiger partial charge on any atom is -0.384 e. The number of rotatable bonds is 6. The Labute approximate surface area is 162 Å². The number of fused-ring (bicyclic) bond motifs is 2. The summed E-state index contributed by atoms with van der Waals surface area (Å²) in [6, 6.07) is 8.65. The maximum atomic E-state index is 6.32. The number of benzene rings is 1. The van der Waals surface area contributed by atoms with Gasteiger partial charge in [0.15, 0.2) is 0 Å². The molecule has 1 N–H and O–H groups in total. The van der Waals surface area contributed by atoms with Gasteiger partial charge >= 0.3 is 0 Å². The van der Waals surface area contributed by atoms with Crippen molar-refractivity contribution in [3.8, 4) is 0 Å². The van der Waals surface area contributed by atoms with Gasteiger partial charge in [-0.25, -0.2) is 0 Å². The number of hydrogen-bond donors (Lipinski definition) is 1. The maximum Gasteiger partial charge on any atom is 0.0741 e. The Kier molecular flexibility index (Phi) is 6.37. The number of nitrogens with zero attached hydrogens (tertiary/aromatic N) is 1. The molecule has 1 aliphatic carbocycles. The van der Waals surface area contributed by atoms with Crippen molar-refractivity contribution in [2.75, 3.05) is 11.9 Å². The van der Waals surface area contributed by atoms with Crippen LogP contribution < -0.4 is 5.32 Å². The molecule has 0 spiro atoms. The first-order valence-corrected chi connectivity index (χ1v) is 10.3. The van der Waals surface area contributed by atoms with Crippen LogP contribution in [0.5, 0.6) is 0 Å². The molecule has 1 heterocycles. The molecule has 26 heavy (non-hydrogen) atoms. The fraction of sp³-hybridized carbons (Fsp3) is 0.435. The second-order valence-corrected chi connectivity index (χ2v) is 7.48. The van der Waals surface area contributed by atoms with Gasteiger partial charge in [-0.15, -0.1) is 0 Å². The van der Waals surface area contributed by atoms with Crippen LogP contribution in [-0.2, 0) is 12.8 Å². The van der Waals surface area contributed by atoms with Gasteiger partial charge in [0.05, 0.1) is 17.6 Å². The summed E-state index contributed by atoms with van der Waals surface area (Å²) in [4.78, 5) is 4.93. The molecule has 0 fully saturated rings. The molecule has 3 heteroatoms. The molecule has 0 radical (unpaired) electrons. The number of pyridine rings is 1. The van der Waals surface area contributed by atoms with Crippen molar-refractivity contribution in [3.63, 3.8) is 0 Å². The lowest BCUT2D eigenvalue weighted by Gasteiger charge is -2.18. The number of aromatic nitrogens is 1. The van der Waals surface area contributed by atoms with E-state index < -0.39 is 0 Å². The zero-order valence-corrected chi connectivity index (χ0v) is 16.9. The number of halogens is 1. The van der Waals surface area contributed by atoms with E-state index >= 15 is 0 Å². The van der Waals surface area contributed by atoms with Crippen molar-refractivity contribution in [3.05, 3.63) is 63.4 Å². The van der Waals surface area contributed by atoms with E-state index in [1.807, 2.05) is 12.3 Å². The summed E-state index contributed by atoms with van der Waals surface area (Å²) in [6.45, 7) is 7.56. The highest BCUT2D eigenvalue weighted by Gasteiger charge is 2.22. The molecule has 0 bridgehead atoms. The Morgan fingerprint density at radius 1 is 1.04 bits per heavy atom. The fourth-order valence-electron chi connectivity index (χ4n) is 3.97. The van der Waals surface area contributed by atoms with Crippen LogP contribution in [0.1, 0.15) is 68.8 Å². The lowest BCUT2D eigenvalue weighted by atomic mass is 9.89. The van der Waals surface area contributed by atoms with Gasteiger partial charge in [0, 0.05) is 17.1 Å². The van der Waals surface area contributed by atoms with E-state index in [0.717, 1.165) is 55.8 Å². The molecular formula is C23H29ClN2. The minimum atomic E-state index is 0.822. The molecule has 1 aliphatic rings. The molecule has 138 valence electrons. The van der Waals surface area contributed by atoms with Gasteiger partial charge < -0.3 is 5.32 Å². The summed E-state index contributed by atoms with van der Waals surface area (Å²) in [5.41, 5.74) is 9.19. The Balaban J connectivity index is 2.23. The van der Waals surface area contributed by atoms with Crippen LogP contribution in [0, 0.1) is 0 Å². The predicted molar refractivity (Wildman–Crippen MR) is 113 cm³/mol. The van der Waals surface area contributed by atoms with E-state index in [-0.39, 0.29) is 0 Å².